The van der Waals surface area contributed by atoms with Crippen molar-refractivity contribution in [3.05, 3.63) is 22.3 Å². The molecule has 1 aromatic heterocycles. The molecule has 1 aliphatic carbocycles. The van der Waals surface area contributed by atoms with Gasteiger partial charge in [-0.15, -0.1) is 0 Å². The number of hydrogen-bond donors (Lipinski definition) is 0. The molecular formula is C14H20BrNO4S. The molecule has 1 fully saturated rings. The summed E-state index contributed by atoms with van der Waals surface area (Å²) in [6, 6.07) is 3.69. The van der Waals surface area contributed by atoms with Gasteiger partial charge in [0.2, 0.25) is 5.88 Å². The molecule has 2 rings (SSSR count). The van der Waals surface area contributed by atoms with E-state index in [2.05, 4.69) is 20.9 Å². The predicted molar refractivity (Wildman–Crippen MR) is 83.8 cm³/mol. The standard InChI is InChI=1S/C14H20BrNO4S/c1-10-12(15)7-8-14(16-10)19-9-11-5-3-4-6-13(11)20-21(2,17)18/h7-8,11,13H,3-6,9H2,1-2H3/t11-,13+/m0/s1. The van der Waals surface area contributed by atoms with Crippen LogP contribution < -0.4 is 4.74 Å². The zero-order valence-electron chi connectivity index (χ0n) is 12.2. The Bertz CT molecular complexity index is 591. The second-order valence-electron chi connectivity index (χ2n) is 5.41. The van der Waals surface area contributed by atoms with Gasteiger partial charge in [-0.3, -0.25) is 4.18 Å². The third-order valence-electron chi connectivity index (χ3n) is 3.58. The van der Waals surface area contributed by atoms with E-state index in [0.29, 0.717) is 12.5 Å². The Labute approximate surface area is 134 Å². The van der Waals surface area contributed by atoms with Crippen LogP contribution in [0.5, 0.6) is 5.88 Å². The van der Waals surface area contributed by atoms with Crippen molar-refractivity contribution in [2.45, 2.75) is 38.7 Å². The van der Waals surface area contributed by atoms with Crippen LogP contribution in [0, 0.1) is 12.8 Å². The topological polar surface area (TPSA) is 65.5 Å². The maximum absolute atomic E-state index is 11.3. The van der Waals surface area contributed by atoms with Gasteiger partial charge >= 0.3 is 0 Å². The third-order valence-corrected chi connectivity index (χ3v) is 5.01. The number of aryl methyl sites for hydroxylation is 1. The molecule has 0 saturated heterocycles. The number of halogens is 1. The number of nitrogens with zero attached hydrogens (tertiary/aromatic N) is 1. The first-order chi connectivity index (χ1) is 9.85. The van der Waals surface area contributed by atoms with Crippen LogP contribution in [0.3, 0.4) is 0 Å². The van der Waals surface area contributed by atoms with Gasteiger partial charge in [0.1, 0.15) is 0 Å². The molecule has 1 saturated carbocycles. The fourth-order valence-electron chi connectivity index (χ4n) is 2.51. The van der Waals surface area contributed by atoms with Crippen molar-refractivity contribution in [3.8, 4) is 5.88 Å². The van der Waals surface area contributed by atoms with Gasteiger partial charge in [-0.2, -0.15) is 8.42 Å². The zero-order valence-corrected chi connectivity index (χ0v) is 14.6. The Hall–Kier alpha value is -0.660. The quantitative estimate of drug-likeness (QED) is 0.737. The van der Waals surface area contributed by atoms with Crippen LogP contribution in [0.15, 0.2) is 16.6 Å². The number of hydrogen-bond acceptors (Lipinski definition) is 5. The highest BCUT2D eigenvalue weighted by atomic mass is 79.9. The molecule has 0 N–H and O–H groups in total. The summed E-state index contributed by atoms with van der Waals surface area (Å²) < 4.78 is 34.5. The van der Waals surface area contributed by atoms with E-state index in [-0.39, 0.29) is 12.0 Å². The van der Waals surface area contributed by atoms with E-state index in [4.69, 9.17) is 8.92 Å². The van der Waals surface area contributed by atoms with Crippen molar-refractivity contribution in [3.63, 3.8) is 0 Å². The summed E-state index contributed by atoms with van der Waals surface area (Å²) in [5.41, 5.74) is 0.861. The van der Waals surface area contributed by atoms with E-state index < -0.39 is 10.1 Å². The van der Waals surface area contributed by atoms with Crippen LogP contribution in [0.1, 0.15) is 31.4 Å². The van der Waals surface area contributed by atoms with Crippen LogP contribution in [-0.2, 0) is 14.3 Å². The van der Waals surface area contributed by atoms with Crippen LogP contribution in [0.2, 0.25) is 0 Å². The van der Waals surface area contributed by atoms with E-state index in [1.807, 2.05) is 13.0 Å². The van der Waals surface area contributed by atoms with Gasteiger partial charge in [0.25, 0.3) is 10.1 Å². The molecular weight excluding hydrogens is 358 g/mol. The lowest BCUT2D eigenvalue weighted by atomic mass is 9.87. The summed E-state index contributed by atoms with van der Waals surface area (Å²) in [6.07, 6.45) is 4.55. The minimum absolute atomic E-state index is 0.0826. The monoisotopic (exact) mass is 377 g/mol. The molecule has 1 aromatic rings. The number of ether oxygens (including phenoxy) is 1. The van der Waals surface area contributed by atoms with E-state index in [1.54, 1.807) is 6.07 Å². The van der Waals surface area contributed by atoms with Crippen LogP contribution >= 0.6 is 15.9 Å². The Morgan fingerprint density at radius 1 is 1.33 bits per heavy atom. The minimum Gasteiger partial charge on any atom is -0.477 e. The van der Waals surface area contributed by atoms with E-state index >= 15 is 0 Å². The lowest BCUT2D eigenvalue weighted by Crippen LogP contribution is -2.33. The highest BCUT2D eigenvalue weighted by Crippen LogP contribution is 2.28. The highest BCUT2D eigenvalue weighted by molar-refractivity contribution is 9.10. The molecule has 21 heavy (non-hydrogen) atoms. The highest BCUT2D eigenvalue weighted by Gasteiger charge is 2.29. The number of pyridine rings is 1. The molecule has 1 heterocycles. The zero-order chi connectivity index (χ0) is 15.5. The van der Waals surface area contributed by atoms with Crippen molar-refractivity contribution in [2.24, 2.45) is 5.92 Å². The molecule has 7 heteroatoms. The molecule has 2 atom stereocenters. The Morgan fingerprint density at radius 3 is 2.71 bits per heavy atom. The number of rotatable bonds is 5. The minimum atomic E-state index is -3.43. The summed E-state index contributed by atoms with van der Waals surface area (Å²) in [6.45, 7) is 2.32. The predicted octanol–water partition coefficient (Wildman–Crippen LogP) is 3.07. The van der Waals surface area contributed by atoms with Crippen molar-refractivity contribution in [2.75, 3.05) is 12.9 Å². The van der Waals surface area contributed by atoms with Crippen LogP contribution in [-0.4, -0.2) is 32.4 Å². The Balaban J connectivity index is 1.97. The van der Waals surface area contributed by atoms with Gasteiger partial charge in [0, 0.05) is 16.5 Å². The maximum Gasteiger partial charge on any atom is 0.264 e. The second kappa shape index (κ2) is 7.07. The van der Waals surface area contributed by atoms with E-state index in [9.17, 15) is 8.42 Å². The first kappa shape index (κ1) is 16.7. The van der Waals surface area contributed by atoms with E-state index in [0.717, 1.165) is 42.1 Å². The molecule has 0 aliphatic heterocycles. The molecule has 0 bridgehead atoms. The average Bonchev–Trinajstić information content (AvgIpc) is 2.40. The molecule has 0 aromatic carbocycles. The third kappa shape index (κ3) is 5.23. The lowest BCUT2D eigenvalue weighted by molar-refractivity contribution is 0.0653. The summed E-state index contributed by atoms with van der Waals surface area (Å²) in [7, 11) is -3.43. The Morgan fingerprint density at radius 2 is 2.05 bits per heavy atom. The number of aromatic nitrogens is 1. The Kier molecular flexibility index (Phi) is 5.62. The van der Waals surface area contributed by atoms with E-state index in [1.165, 1.54) is 0 Å². The second-order valence-corrected chi connectivity index (χ2v) is 7.87. The molecule has 5 nitrogen and oxygen atoms in total. The molecule has 118 valence electrons. The van der Waals surface area contributed by atoms with Crippen molar-refractivity contribution < 1.29 is 17.3 Å². The molecule has 0 amide bonds. The van der Waals surface area contributed by atoms with Crippen LogP contribution in [0.25, 0.3) is 0 Å². The first-order valence-corrected chi connectivity index (χ1v) is 9.60. The van der Waals surface area contributed by atoms with Gasteiger partial charge in [0.05, 0.1) is 24.7 Å². The first-order valence-electron chi connectivity index (χ1n) is 6.99. The maximum atomic E-state index is 11.3. The average molecular weight is 378 g/mol. The smallest absolute Gasteiger partial charge is 0.264 e. The molecule has 0 radical (unpaired) electrons. The lowest BCUT2D eigenvalue weighted by Gasteiger charge is -2.30. The fraction of sp³-hybridized carbons (Fsp3) is 0.643. The van der Waals surface area contributed by atoms with Gasteiger partial charge in [0.15, 0.2) is 0 Å². The van der Waals surface area contributed by atoms with Gasteiger partial charge in [-0.25, -0.2) is 4.98 Å². The SMILES string of the molecule is Cc1nc(OC[C@@H]2CCCC[C@H]2OS(C)(=O)=O)ccc1Br. The van der Waals surface area contributed by atoms with Crippen LogP contribution in [0.4, 0.5) is 0 Å². The van der Waals surface area contributed by atoms with Crippen molar-refractivity contribution >= 4 is 26.0 Å². The van der Waals surface area contributed by atoms with Gasteiger partial charge in [-0.05, 0) is 41.8 Å². The largest absolute Gasteiger partial charge is 0.477 e. The molecule has 1 aliphatic rings. The van der Waals surface area contributed by atoms with Crippen molar-refractivity contribution in [1.82, 2.24) is 4.98 Å². The fourth-order valence-corrected chi connectivity index (χ4v) is 3.43. The molecule has 0 spiro atoms. The molecule has 0 unspecified atom stereocenters. The normalized spacial score (nSPS) is 23.0. The van der Waals surface area contributed by atoms with Gasteiger partial charge < -0.3 is 4.74 Å². The summed E-state index contributed by atoms with van der Waals surface area (Å²) in [5.74, 6) is 0.638. The van der Waals surface area contributed by atoms with Gasteiger partial charge in [-0.1, -0.05) is 12.8 Å². The summed E-state index contributed by atoms with van der Waals surface area (Å²) >= 11 is 3.39. The summed E-state index contributed by atoms with van der Waals surface area (Å²) in [5, 5.41) is 0. The van der Waals surface area contributed by atoms with Crippen molar-refractivity contribution in [1.29, 1.82) is 0 Å². The summed E-state index contributed by atoms with van der Waals surface area (Å²) in [4.78, 5) is 4.33.